The van der Waals surface area contributed by atoms with Gasteiger partial charge in [0, 0.05) is 36.4 Å². The smallest absolute Gasteiger partial charge is 0.317 e. The molecule has 4 aromatic rings. The monoisotopic (exact) mass is 686 g/mol. The van der Waals surface area contributed by atoms with Crippen LogP contribution < -0.4 is 10.6 Å². The molecule has 4 aromatic carbocycles. The fourth-order valence-electron chi connectivity index (χ4n) is 4.81. The largest absolute Gasteiger partial charge is 4.00 e. The van der Waals surface area contributed by atoms with Crippen molar-refractivity contribution in [1.82, 2.24) is 10.6 Å². The molecule has 0 aromatic heterocycles. The first-order valence-corrected chi connectivity index (χ1v) is 16.4. The van der Waals surface area contributed by atoms with Crippen molar-refractivity contribution in [3.63, 3.8) is 0 Å². The van der Waals surface area contributed by atoms with Crippen LogP contribution >= 0.6 is 0 Å². The Labute approximate surface area is 297 Å². The maximum absolute atomic E-state index is 13.3. The summed E-state index contributed by atoms with van der Waals surface area (Å²) in [6.45, 7) is 16.4. The summed E-state index contributed by atoms with van der Waals surface area (Å²) in [6.07, 6.45) is 5.78. The van der Waals surface area contributed by atoms with E-state index in [1.807, 2.05) is 60.7 Å². The van der Waals surface area contributed by atoms with Crippen LogP contribution in [0.3, 0.4) is 0 Å². The Hall–Kier alpha value is -2.51. The van der Waals surface area contributed by atoms with Crippen LogP contribution in [-0.2, 0) is 34.6 Å². The zero-order valence-electron chi connectivity index (χ0n) is 29.2. The SMILES string of the molecule is CCCC(C)(C)CNCCc1ccc(F)[c-]c1F.CCCC(C)(C)CNCCc1ccc(F)[c-]c1F.[Ti+4].c1cc[cH-]c1.c1cc[cH-]c1. The van der Waals surface area contributed by atoms with Gasteiger partial charge in [0.2, 0.25) is 0 Å². The van der Waals surface area contributed by atoms with Crippen molar-refractivity contribution in [3.8, 4) is 0 Å². The number of halogens is 4. The molecule has 7 heteroatoms. The van der Waals surface area contributed by atoms with Gasteiger partial charge in [-0.2, -0.15) is 48.5 Å². The molecular weight excluding hydrogens is 632 g/mol. The Balaban J connectivity index is 0.000000681. The summed E-state index contributed by atoms with van der Waals surface area (Å²) in [4.78, 5) is 0. The van der Waals surface area contributed by atoms with Crippen molar-refractivity contribution in [2.45, 2.75) is 80.1 Å². The third-order valence-corrected chi connectivity index (χ3v) is 7.20. The topological polar surface area (TPSA) is 24.1 Å². The van der Waals surface area contributed by atoms with Gasteiger partial charge in [-0.15, -0.1) is 35.4 Å². The van der Waals surface area contributed by atoms with Gasteiger partial charge in [-0.3, -0.25) is 0 Å². The van der Waals surface area contributed by atoms with Crippen LogP contribution in [0.15, 0.2) is 84.9 Å². The molecule has 0 aliphatic rings. The second-order valence-corrected chi connectivity index (χ2v) is 12.9. The second kappa shape index (κ2) is 25.5. The molecule has 0 spiro atoms. The average Bonchev–Trinajstić information content (AvgIpc) is 3.76. The van der Waals surface area contributed by atoms with E-state index in [1.165, 1.54) is 37.1 Å². The molecule has 0 aliphatic heterocycles. The van der Waals surface area contributed by atoms with Crippen LogP contribution in [-0.4, -0.2) is 26.2 Å². The fraction of sp³-hybridized carbons (Fsp3) is 0.450. The Kier molecular flexibility index (Phi) is 24.1. The molecule has 256 valence electrons. The molecule has 0 aliphatic carbocycles. The summed E-state index contributed by atoms with van der Waals surface area (Å²) in [7, 11) is 0. The van der Waals surface area contributed by atoms with Crippen LogP contribution in [0.5, 0.6) is 0 Å². The minimum absolute atomic E-state index is 0. The molecule has 0 amide bonds. The Bertz CT molecular complexity index is 1140. The quantitative estimate of drug-likeness (QED) is 0.0597. The van der Waals surface area contributed by atoms with Gasteiger partial charge < -0.3 is 10.6 Å². The van der Waals surface area contributed by atoms with Crippen molar-refractivity contribution >= 4 is 0 Å². The van der Waals surface area contributed by atoms with E-state index >= 15 is 0 Å². The predicted molar refractivity (Wildman–Crippen MR) is 185 cm³/mol. The maximum atomic E-state index is 13.3. The summed E-state index contributed by atoms with van der Waals surface area (Å²) < 4.78 is 51.9. The van der Waals surface area contributed by atoms with E-state index in [2.05, 4.69) is 64.3 Å². The first-order valence-electron chi connectivity index (χ1n) is 16.4. The summed E-state index contributed by atoms with van der Waals surface area (Å²) in [5, 5.41) is 6.65. The average molecular weight is 687 g/mol. The van der Waals surface area contributed by atoms with E-state index in [0.717, 1.165) is 25.9 Å². The van der Waals surface area contributed by atoms with Crippen molar-refractivity contribution < 1.29 is 39.3 Å². The zero-order chi connectivity index (χ0) is 34.3. The first-order chi connectivity index (χ1) is 21.9. The Morgan fingerprint density at radius 1 is 0.596 bits per heavy atom. The van der Waals surface area contributed by atoms with Gasteiger partial charge in [-0.1, -0.05) is 67.2 Å². The minimum Gasteiger partial charge on any atom is -0.317 e. The number of rotatable bonds is 14. The molecule has 0 radical (unpaired) electrons. The summed E-state index contributed by atoms with van der Waals surface area (Å²) in [6, 6.07) is 29.6. The molecule has 2 N–H and O–H groups in total. The van der Waals surface area contributed by atoms with Crippen LogP contribution in [0.25, 0.3) is 0 Å². The van der Waals surface area contributed by atoms with Gasteiger partial charge in [0.15, 0.2) is 0 Å². The summed E-state index contributed by atoms with van der Waals surface area (Å²) in [5.41, 5.74) is 1.55. The van der Waals surface area contributed by atoms with Crippen LogP contribution in [0.1, 0.15) is 78.4 Å². The van der Waals surface area contributed by atoms with Gasteiger partial charge >= 0.3 is 21.7 Å². The fourth-order valence-corrected chi connectivity index (χ4v) is 4.81. The third-order valence-electron chi connectivity index (χ3n) is 7.20. The number of hydrogen-bond acceptors (Lipinski definition) is 2. The molecule has 0 heterocycles. The van der Waals surface area contributed by atoms with Gasteiger partial charge in [0.25, 0.3) is 0 Å². The molecule has 0 saturated heterocycles. The van der Waals surface area contributed by atoms with E-state index < -0.39 is 23.3 Å². The molecule has 0 unspecified atom stereocenters. The van der Waals surface area contributed by atoms with Gasteiger partial charge in [0.05, 0.1) is 0 Å². The molecule has 0 saturated carbocycles. The number of hydrogen-bond donors (Lipinski definition) is 2. The molecule has 4 rings (SSSR count). The zero-order valence-corrected chi connectivity index (χ0v) is 30.7. The first kappa shape index (κ1) is 44.5. The van der Waals surface area contributed by atoms with E-state index in [9.17, 15) is 17.6 Å². The van der Waals surface area contributed by atoms with Gasteiger partial charge in [-0.05, 0) is 36.8 Å². The number of benzene rings is 2. The predicted octanol–water partition coefficient (Wildman–Crippen LogP) is 10.3. The maximum Gasteiger partial charge on any atom is 4.00 e. The standard InChI is InChI=1S/2C15H22F2N.2C5H5.Ti/c2*1-4-8-15(2,3)11-18-9-7-12-5-6-13(16)10-14(12)17;2*1-2-4-5-3-1;/h2*5-6,18H,4,7-9,11H2,1-3H3;2*1-5H;/q4*-1;+4. The minimum atomic E-state index is -0.645. The Morgan fingerprint density at radius 3 is 1.19 bits per heavy atom. The second-order valence-electron chi connectivity index (χ2n) is 12.9. The van der Waals surface area contributed by atoms with E-state index in [4.69, 9.17) is 0 Å². The third kappa shape index (κ3) is 22.7. The van der Waals surface area contributed by atoms with E-state index in [1.54, 1.807) is 0 Å². The van der Waals surface area contributed by atoms with E-state index in [-0.39, 0.29) is 32.5 Å². The Morgan fingerprint density at radius 2 is 0.936 bits per heavy atom. The van der Waals surface area contributed by atoms with Crippen molar-refractivity contribution in [3.05, 3.63) is 131 Å². The van der Waals surface area contributed by atoms with Crippen LogP contribution in [0.2, 0.25) is 0 Å². The molecule has 2 nitrogen and oxygen atoms in total. The molecular formula is C40H54F4N2Ti. The van der Waals surface area contributed by atoms with Crippen molar-refractivity contribution in [1.29, 1.82) is 0 Å². The summed E-state index contributed by atoms with van der Waals surface area (Å²) in [5.74, 6) is -2.45. The van der Waals surface area contributed by atoms with Gasteiger partial charge in [-0.25, -0.2) is 41.8 Å². The van der Waals surface area contributed by atoms with Gasteiger partial charge in [0.1, 0.15) is 0 Å². The van der Waals surface area contributed by atoms with E-state index in [0.29, 0.717) is 37.1 Å². The molecule has 0 bridgehead atoms. The number of nitrogens with one attached hydrogen (secondary N) is 2. The summed E-state index contributed by atoms with van der Waals surface area (Å²) >= 11 is 0. The molecule has 0 atom stereocenters. The van der Waals surface area contributed by atoms with Crippen molar-refractivity contribution in [2.75, 3.05) is 26.2 Å². The normalized spacial score (nSPS) is 10.8. The van der Waals surface area contributed by atoms with Crippen LogP contribution in [0, 0.1) is 46.2 Å². The molecule has 0 fully saturated rings. The van der Waals surface area contributed by atoms with Crippen molar-refractivity contribution in [2.24, 2.45) is 10.8 Å². The molecule has 47 heavy (non-hydrogen) atoms. The van der Waals surface area contributed by atoms with Crippen LogP contribution in [0.4, 0.5) is 17.6 Å².